The van der Waals surface area contributed by atoms with Gasteiger partial charge in [0, 0.05) is 25.5 Å². The van der Waals surface area contributed by atoms with Crippen LogP contribution in [-0.4, -0.2) is 61.1 Å². The third-order valence-corrected chi connectivity index (χ3v) is 11.6. The van der Waals surface area contributed by atoms with E-state index in [-0.39, 0.29) is 30.0 Å². The summed E-state index contributed by atoms with van der Waals surface area (Å²) in [6.07, 6.45) is 41.5. The van der Waals surface area contributed by atoms with E-state index in [0.717, 1.165) is 110 Å². The highest BCUT2D eigenvalue weighted by atomic mass is 16.5. The van der Waals surface area contributed by atoms with E-state index in [2.05, 4.69) is 37.6 Å². The summed E-state index contributed by atoms with van der Waals surface area (Å²) in [6, 6.07) is 0. The molecule has 0 aromatic carbocycles. The number of amidine groups is 1. The summed E-state index contributed by atoms with van der Waals surface area (Å²) in [6.45, 7) is 12.7. The number of hydrogen-bond acceptors (Lipinski definition) is 8. The summed E-state index contributed by atoms with van der Waals surface area (Å²) in [4.78, 5) is 32.3. The molecule has 9 nitrogen and oxygen atoms in total. The molecule has 348 valence electrons. The fraction of sp³-hybridized carbons (Fsp3) is 0.900. The minimum absolute atomic E-state index is 0.00921. The van der Waals surface area contributed by atoms with Gasteiger partial charge in [0.15, 0.2) is 0 Å². The van der Waals surface area contributed by atoms with E-state index in [4.69, 9.17) is 26.7 Å². The van der Waals surface area contributed by atoms with E-state index in [0.29, 0.717) is 25.2 Å². The highest BCUT2D eigenvalue weighted by molar-refractivity contribution is 5.91. The number of rotatable bonds is 45. The predicted octanol–water partition coefficient (Wildman–Crippen LogP) is 13.0. The Kier molecular flexibility index (Phi) is 42.1. The molecule has 0 amide bonds. The van der Waals surface area contributed by atoms with Crippen molar-refractivity contribution in [2.24, 2.45) is 22.2 Å². The third-order valence-electron chi connectivity index (χ3n) is 11.6. The topological polar surface area (TPSA) is 146 Å². The van der Waals surface area contributed by atoms with Crippen molar-refractivity contribution in [3.8, 4) is 0 Å². The molecule has 0 spiro atoms. The minimum atomic E-state index is -0.0203. The summed E-state index contributed by atoms with van der Waals surface area (Å²) in [5, 5.41) is 0. The van der Waals surface area contributed by atoms with E-state index in [9.17, 15) is 9.59 Å². The molecule has 9 heteroatoms. The fourth-order valence-electron chi connectivity index (χ4n) is 7.88. The zero-order chi connectivity index (χ0) is 43.4. The molecule has 0 aromatic heterocycles. The normalized spacial score (nSPS) is 12.3. The van der Waals surface area contributed by atoms with Crippen LogP contribution in [0.3, 0.4) is 0 Å². The Hall–Kier alpha value is -2.29. The number of carbonyl (C=O) groups is 2. The molecule has 0 saturated carbocycles. The van der Waals surface area contributed by atoms with Crippen LogP contribution in [0.5, 0.6) is 0 Å². The number of ether oxygens (including phenoxy) is 2. The molecule has 0 bridgehead atoms. The van der Waals surface area contributed by atoms with Crippen LogP contribution < -0.4 is 17.2 Å². The average Bonchev–Trinajstić information content (AvgIpc) is 3.21. The molecule has 0 rings (SSSR count). The molecule has 0 aliphatic rings. The van der Waals surface area contributed by atoms with Gasteiger partial charge in [0.1, 0.15) is 18.0 Å². The quantitative estimate of drug-likeness (QED) is 0.0238. The molecular weight excluding hydrogens is 735 g/mol. The Bertz CT molecular complexity index is 986. The zero-order valence-electron chi connectivity index (χ0n) is 39.6. The Morgan fingerprint density at radius 3 is 1.25 bits per heavy atom. The van der Waals surface area contributed by atoms with Crippen molar-refractivity contribution < 1.29 is 19.1 Å². The van der Waals surface area contributed by atoms with Gasteiger partial charge in [-0.15, -0.1) is 0 Å². The van der Waals surface area contributed by atoms with Gasteiger partial charge in [-0.2, -0.15) is 0 Å². The van der Waals surface area contributed by atoms with Crippen LogP contribution >= 0.6 is 0 Å². The second-order valence-electron chi connectivity index (χ2n) is 17.5. The molecule has 0 aliphatic heterocycles. The van der Waals surface area contributed by atoms with Gasteiger partial charge in [-0.1, -0.05) is 163 Å². The molecule has 0 heterocycles. The molecule has 1 unspecified atom stereocenters. The first-order chi connectivity index (χ1) is 28.7. The van der Waals surface area contributed by atoms with Crippen molar-refractivity contribution >= 4 is 17.8 Å². The molecule has 59 heavy (non-hydrogen) atoms. The number of aliphatic imine (C=N–C) groups is 1. The van der Waals surface area contributed by atoms with Gasteiger partial charge in [-0.05, 0) is 96.7 Å². The second-order valence-corrected chi connectivity index (χ2v) is 17.5. The van der Waals surface area contributed by atoms with E-state index in [1.54, 1.807) is 0 Å². The Morgan fingerprint density at radius 2 is 0.831 bits per heavy atom. The average molecular weight is 834 g/mol. The first-order valence-corrected chi connectivity index (χ1v) is 25.4. The van der Waals surface area contributed by atoms with Crippen molar-refractivity contribution in [1.29, 1.82) is 0 Å². The summed E-state index contributed by atoms with van der Waals surface area (Å²) >= 11 is 0. The summed E-state index contributed by atoms with van der Waals surface area (Å²) < 4.78 is 11.9. The SMILES string of the molecule is CCCCCCCCC(CC)OC(=O)CCCCCCCN(CCCCCCCC(=O)OC(CCCCCCCC)CCCCCCCC)CCCN=C(N)C=C(N)N. The van der Waals surface area contributed by atoms with Gasteiger partial charge in [-0.25, -0.2) is 0 Å². The minimum Gasteiger partial charge on any atom is -0.462 e. The summed E-state index contributed by atoms with van der Waals surface area (Å²) in [5.74, 6) is 0.535. The van der Waals surface area contributed by atoms with E-state index in [1.807, 2.05) is 0 Å². The second kappa shape index (κ2) is 43.8. The number of nitrogens with two attached hydrogens (primary N) is 3. The van der Waals surface area contributed by atoms with Gasteiger partial charge in [0.05, 0.1) is 5.82 Å². The van der Waals surface area contributed by atoms with E-state index in [1.165, 1.54) is 128 Å². The molecular formula is C50H99N5O4. The predicted molar refractivity (Wildman–Crippen MR) is 253 cm³/mol. The smallest absolute Gasteiger partial charge is 0.306 e. The van der Waals surface area contributed by atoms with Gasteiger partial charge >= 0.3 is 11.9 Å². The van der Waals surface area contributed by atoms with Crippen molar-refractivity contribution in [1.82, 2.24) is 4.90 Å². The standard InChI is InChI=1S/C50H99N5O4/c1-5-9-12-15-20-27-35-45(8-4)58-49(56)38-30-23-18-25-32-41-55(43-34-40-54-48(53)44-47(51)52)42-33-26-19-24-31-39-50(57)59-46(36-28-21-16-13-10-6-2)37-29-22-17-14-11-7-3/h44-46H,5-43,51-52H2,1-4H3,(H2,53,54). The van der Waals surface area contributed by atoms with Gasteiger partial charge in [0.2, 0.25) is 0 Å². The van der Waals surface area contributed by atoms with Crippen LogP contribution in [0.1, 0.15) is 252 Å². The fourth-order valence-corrected chi connectivity index (χ4v) is 7.88. The lowest BCUT2D eigenvalue weighted by atomic mass is 10.0. The van der Waals surface area contributed by atoms with Crippen LogP contribution in [0.4, 0.5) is 0 Å². The largest absolute Gasteiger partial charge is 0.462 e. The summed E-state index contributed by atoms with van der Waals surface area (Å²) in [7, 11) is 0. The molecule has 6 N–H and O–H groups in total. The van der Waals surface area contributed by atoms with Gasteiger partial charge in [0.25, 0.3) is 0 Å². The first kappa shape index (κ1) is 56.7. The van der Waals surface area contributed by atoms with Crippen LogP contribution in [0.2, 0.25) is 0 Å². The maximum atomic E-state index is 12.8. The Morgan fingerprint density at radius 1 is 0.475 bits per heavy atom. The van der Waals surface area contributed by atoms with Crippen LogP contribution in [-0.2, 0) is 19.1 Å². The van der Waals surface area contributed by atoms with Crippen molar-refractivity contribution in [2.75, 3.05) is 26.2 Å². The lowest BCUT2D eigenvalue weighted by Crippen LogP contribution is -2.28. The van der Waals surface area contributed by atoms with Crippen molar-refractivity contribution in [2.45, 2.75) is 265 Å². The third kappa shape index (κ3) is 40.9. The van der Waals surface area contributed by atoms with Crippen LogP contribution in [0.25, 0.3) is 0 Å². The number of esters is 2. The lowest BCUT2D eigenvalue weighted by molar-refractivity contribution is -0.150. The number of nitrogens with zero attached hydrogens (tertiary/aromatic N) is 2. The maximum Gasteiger partial charge on any atom is 0.306 e. The zero-order valence-corrected chi connectivity index (χ0v) is 39.6. The monoisotopic (exact) mass is 834 g/mol. The number of carbonyl (C=O) groups excluding carboxylic acids is 2. The van der Waals surface area contributed by atoms with Crippen molar-refractivity contribution in [3.05, 3.63) is 11.9 Å². The first-order valence-electron chi connectivity index (χ1n) is 25.4. The van der Waals surface area contributed by atoms with Crippen molar-refractivity contribution in [3.63, 3.8) is 0 Å². The number of unbranched alkanes of at least 4 members (excludes halogenated alkanes) is 23. The Labute approximate surface area is 365 Å². The molecule has 0 aromatic rings. The van der Waals surface area contributed by atoms with Crippen LogP contribution in [0.15, 0.2) is 16.9 Å². The number of hydrogen-bond donors (Lipinski definition) is 3. The van der Waals surface area contributed by atoms with E-state index < -0.39 is 0 Å². The molecule has 0 fully saturated rings. The molecule has 1 atom stereocenters. The van der Waals surface area contributed by atoms with Gasteiger partial charge in [-0.3, -0.25) is 14.6 Å². The highest BCUT2D eigenvalue weighted by Gasteiger charge is 2.15. The maximum absolute atomic E-state index is 12.8. The van der Waals surface area contributed by atoms with Gasteiger partial charge < -0.3 is 31.6 Å². The molecule has 0 aliphatic carbocycles. The van der Waals surface area contributed by atoms with E-state index >= 15 is 0 Å². The molecule has 0 radical (unpaired) electrons. The summed E-state index contributed by atoms with van der Waals surface area (Å²) in [5.41, 5.74) is 17.0. The molecule has 0 saturated heterocycles. The Balaban J connectivity index is 4.54. The highest BCUT2D eigenvalue weighted by Crippen LogP contribution is 2.19. The van der Waals surface area contributed by atoms with Crippen LogP contribution in [0, 0.1) is 0 Å². The lowest BCUT2D eigenvalue weighted by Gasteiger charge is -2.22.